The lowest BCUT2D eigenvalue weighted by Crippen LogP contribution is -2.41. The summed E-state index contributed by atoms with van der Waals surface area (Å²) in [5, 5.41) is 14.8. The number of ether oxygens (including phenoxy) is 1. The molecule has 3 N–H and O–H groups in total. The number of rotatable bonds is 6. The summed E-state index contributed by atoms with van der Waals surface area (Å²) in [5.74, 6) is 0.510. The number of amides is 1. The van der Waals surface area contributed by atoms with Gasteiger partial charge in [0.05, 0.1) is 6.04 Å². The van der Waals surface area contributed by atoms with Crippen LogP contribution < -0.4 is 10.6 Å². The third kappa shape index (κ3) is 8.64. The largest absolute Gasteiger partial charge is 0.462 e. The van der Waals surface area contributed by atoms with E-state index in [-0.39, 0.29) is 35.3 Å². The fourth-order valence-corrected chi connectivity index (χ4v) is 3.06. The Bertz CT molecular complexity index is 557. The molecule has 0 spiro atoms. The van der Waals surface area contributed by atoms with Gasteiger partial charge in [0, 0.05) is 18.9 Å². The highest BCUT2D eigenvalue weighted by molar-refractivity contribution is 8.00. The molecule has 0 aliphatic carbocycles. The molecule has 1 saturated heterocycles. The van der Waals surface area contributed by atoms with Gasteiger partial charge in [-0.3, -0.25) is 14.9 Å². The van der Waals surface area contributed by atoms with Crippen LogP contribution in [0.5, 0.6) is 0 Å². The minimum Gasteiger partial charge on any atom is -0.462 e. The second-order valence-electron chi connectivity index (χ2n) is 6.66. The predicted octanol–water partition coefficient (Wildman–Crippen LogP) is 1.99. The Balaban J connectivity index is 0.000000412. The molecule has 1 aliphatic rings. The van der Waals surface area contributed by atoms with Crippen LogP contribution in [-0.4, -0.2) is 47.4 Å². The van der Waals surface area contributed by atoms with Gasteiger partial charge in [-0.1, -0.05) is 12.1 Å². The number of halogens is 1. The zero-order chi connectivity index (χ0) is 19.6. The fourth-order valence-electron chi connectivity index (χ4n) is 2.13. The van der Waals surface area contributed by atoms with Gasteiger partial charge in [-0.05, 0) is 44.9 Å². The van der Waals surface area contributed by atoms with Crippen molar-refractivity contribution in [1.29, 1.82) is 0 Å². The maximum Gasteiger partial charge on any atom is 0.293 e. The minimum atomic E-state index is -0.318. The first kappa shape index (κ1) is 22.4. The number of benzene rings is 1. The van der Waals surface area contributed by atoms with E-state index in [4.69, 9.17) is 5.11 Å². The van der Waals surface area contributed by atoms with Gasteiger partial charge in [-0.25, -0.2) is 4.39 Å². The molecule has 6 nitrogen and oxygen atoms in total. The number of nitrogens with one attached hydrogen (secondary N) is 2. The SMILES string of the molecule is CC(C)(C)OC=O.O=C(NC(CCO)c1ccc(F)cc1)C1NCCS1. The quantitative estimate of drug-likeness (QED) is 0.648. The van der Waals surface area contributed by atoms with Gasteiger partial charge in [-0.15, -0.1) is 11.8 Å². The zero-order valence-electron chi connectivity index (χ0n) is 15.3. The van der Waals surface area contributed by atoms with Crippen molar-refractivity contribution >= 4 is 24.1 Å². The van der Waals surface area contributed by atoms with Crippen molar-refractivity contribution in [3.63, 3.8) is 0 Å². The number of carbonyl (C=O) groups excluding carboxylic acids is 2. The second kappa shape index (κ2) is 11.2. The highest BCUT2D eigenvalue weighted by Crippen LogP contribution is 2.20. The van der Waals surface area contributed by atoms with E-state index in [9.17, 15) is 14.0 Å². The molecule has 2 atom stereocenters. The van der Waals surface area contributed by atoms with Gasteiger partial charge < -0.3 is 15.2 Å². The molecule has 1 fully saturated rings. The van der Waals surface area contributed by atoms with Crippen LogP contribution in [0.1, 0.15) is 38.8 Å². The highest BCUT2D eigenvalue weighted by atomic mass is 32.2. The number of aliphatic hydroxyl groups excluding tert-OH is 1. The first-order valence-corrected chi connectivity index (χ1v) is 9.45. The normalized spacial score (nSPS) is 17.7. The topological polar surface area (TPSA) is 87.7 Å². The van der Waals surface area contributed by atoms with Crippen LogP contribution in [0.3, 0.4) is 0 Å². The Labute approximate surface area is 157 Å². The van der Waals surface area contributed by atoms with Crippen molar-refractivity contribution in [3.8, 4) is 0 Å². The van der Waals surface area contributed by atoms with Gasteiger partial charge in [0.2, 0.25) is 5.91 Å². The Hall–Kier alpha value is -1.64. The van der Waals surface area contributed by atoms with E-state index in [1.165, 1.54) is 12.1 Å². The molecule has 0 bridgehead atoms. The minimum absolute atomic E-state index is 0.0342. The number of hydrogen-bond donors (Lipinski definition) is 3. The van der Waals surface area contributed by atoms with Crippen molar-refractivity contribution in [2.45, 2.75) is 44.2 Å². The Kier molecular flexibility index (Phi) is 9.61. The Morgan fingerprint density at radius 3 is 2.54 bits per heavy atom. The van der Waals surface area contributed by atoms with E-state index < -0.39 is 0 Å². The maximum absolute atomic E-state index is 12.9. The van der Waals surface area contributed by atoms with Gasteiger partial charge in [-0.2, -0.15) is 0 Å². The van der Waals surface area contributed by atoms with Crippen LogP contribution in [0.4, 0.5) is 4.39 Å². The van der Waals surface area contributed by atoms with Crippen molar-refractivity contribution in [2.24, 2.45) is 0 Å². The van der Waals surface area contributed by atoms with Crippen LogP contribution in [0.15, 0.2) is 24.3 Å². The number of thioether (sulfide) groups is 1. The first-order chi connectivity index (χ1) is 12.3. The first-order valence-electron chi connectivity index (χ1n) is 8.40. The molecule has 1 aromatic carbocycles. The lowest BCUT2D eigenvalue weighted by atomic mass is 10.0. The summed E-state index contributed by atoms with van der Waals surface area (Å²) in [6.45, 7) is 6.71. The standard InChI is InChI=1S/C13H17FN2O2S.C5H10O2/c14-10-3-1-9(2-4-10)11(5-7-17)16-12(18)13-15-6-8-19-13;1-5(2,3)7-4-6/h1-4,11,13,15,17H,5-8H2,(H,16,18);4H,1-3H3. The third-order valence-corrected chi connectivity index (χ3v) is 4.52. The van der Waals surface area contributed by atoms with Crippen LogP contribution in [0.2, 0.25) is 0 Å². The summed E-state index contributed by atoms with van der Waals surface area (Å²) >= 11 is 1.56. The lowest BCUT2D eigenvalue weighted by Gasteiger charge is -2.20. The summed E-state index contributed by atoms with van der Waals surface area (Å²) < 4.78 is 17.4. The lowest BCUT2D eigenvalue weighted by molar-refractivity contribution is -0.138. The van der Waals surface area contributed by atoms with Crippen LogP contribution in [0, 0.1) is 5.82 Å². The van der Waals surface area contributed by atoms with Crippen LogP contribution in [-0.2, 0) is 14.3 Å². The van der Waals surface area contributed by atoms with E-state index in [2.05, 4.69) is 15.4 Å². The average molecular weight is 386 g/mol. The van der Waals surface area contributed by atoms with E-state index in [0.29, 0.717) is 12.9 Å². The van der Waals surface area contributed by atoms with E-state index in [1.807, 2.05) is 20.8 Å². The van der Waals surface area contributed by atoms with Gasteiger partial charge in [0.1, 0.15) is 16.8 Å². The molecule has 2 rings (SSSR count). The number of carbonyl (C=O) groups is 2. The summed E-state index contributed by atoms with van der Waals surface area (Å²) in [7, 11) is 0. The molecule has 146 valence electrons. The van der Waals surface area contributed by atoms with Gasteiger partial charge in [0.25, 0.3) is 6.47 Å². The molecule has 1 aliphatic heterocycles. The molecule has 0 saturated carbocycles. The number of hydrogen-bond acceptors (Lipinski definition) is 6. The predicted molar refractivity (Wildman–Crippen MR) is 100 cm³/mol. The molecular weight excluding hydrogens is 359 g/mol. The maximum atomic E-state index is 12.9. The number of aliphatic hydroxyl groups is 1. The summed E-state index contributed by atoms with van der Waals surface area (Å²) in [4.78, 5) is 21.6. The smallest absolute Gasteiger partial charge is 0.293 e. The van der Waals surface area contributed by atoms with E-state index in [0.717, 1.165) is 17.9 Å². The molecular formula is C18H27FN2O4S. The van der Waals surface area contributed by atoms with Crippen molar-refractivity contribution in [2.75, 3.05) is 18.9 Å². The van der Waals surface area contributed by atoms with Crippen LogP contribution >= 0.6 is 11.8 Å². The molecule has 0 radical (unpaired) electrons. The van der Waals surface area contributed by atoms with Gasteiger partial charge >= 0.3 is 0 Å². The molecule has 26 heavy (non-hydrogen) atoms. The zero-order valence-corrected chi connectivity index (χ0v) is 16.1. The molecule has 1 heterocycles. The van der Waals surface area contributed by atoms with E-state index in [1.54, 1.807) is 23.9 Å². The summed E-state index contributed by atoms with van der Waals surface area (Å²) in [6.07, 6.45) is 0.411. The van der Waals surface area contributed by atoms with Crippen LogP contribution in [0.25, 0.3) is 0 Å². The average Bonchev–Trinajstić information content (AvgIpc) is 3.09. The Morgan fingerprint density at radius 2 is 2.12 bits per heavy atom. The molecule has 1 amide bonds. The Morgan fingerprint density at radius 1 is 1.46 bits per heavy atom. The molecule has 2 unspecified atom stereocenters. The highest BCUT2D eigenvalue weighted by Gasteiger charge is 2.25. The van der Waals surface area contributed by atoms with Crippen molar-refractivity contribution in [1.82, 2.24) is 10.6 Å². The second-order valence-corrected chi connectivity index (χ2v) is 7.87. The molecule has 8 heteroatoms. The van der Waals surface area contributed by atoms with E-state index >= 15 is 0 Å². The van der Waals surface area contributed by atoms with Crippen molar-refractivity contribution < 1.29 is 23.8 Å². The molecule has 0 aromatic heterocycles. The summed E-state index contributed by atoms with van der Waals surface area (Å²) in [6, 6.07) is 5.68. The van der Waals surface area contributed by atoms with Crippen molar-refractivity contribution in [3.05, 3.63) is 35.6 Å². The monoisotopic (exact) mass is 386 g/mol. The summed E-state index contributed by atoms with van der Waals surface area (Å²) in [5.41, 5.74) is 0.480. The van der Waals surface area contributed by atoms with Gasteiger partial charge in [0.15, 0.2) is 0 Å². The fraction of sp³-hybridized carbons (Fsp3) is 0.556. The molecule has 1 aromatic rings. The third-order valence-electron chi connectivity index (χ3n) is 3.36.